The Morgan fingerprint density at radius 2 is 2.10 bits per heavy atom. The van der Waals surface area contributed by atoms with E-state index >= 15 is 0 Å². The fourth-order valence-corrected chi connectivity index (χ4v) is 2.19. The van der Waals surface area contributed by atoms with Gasteiger partial charge in [-0.15, -0.1) is 0 Å². The molecule has 0 aliphatic heterocycles. The van der Waals surface area contributed by atoms with Crippen LogP contribution in [0.25, 0.3) is 0 Å². The van der Waals surface area contributed by atoms with E-state index in [1.807, 2.05) is 32.0 Å². The van der Waals surface area contributed by atoms with Crippen LogP contribution >= 0.6 is 15.9 Å². The zero-order chi connectivity index (χ0) is 14.5. The molecule has 0 aliphatic rings. The predicted molar refractivity (Wildman–Crippen MR) is 85.2 cm³/mol. The van der Waals surface area contributed by atoms with Gasteiger partial charge in [0, 0.05) is 23.4 Å². The largest absolute Gasteiger partial charge is 0.385 e. The number of nitrogens with one attached hydrogen (secondary N) is 2. The van der Waals surface area contributed by atoms with Gasteiger partial charge < -0.3 is 10.6 Å². The highest BCUT2D eigenvalue weighted by Gasteiger charge is 2.12. The Balaban J connectivity index is 2.26. The lowest BCUT2D eigenvalue weighted by Gasteiger charge is -2.12. The van der Waals surface area contributed by atoms with Gasteiger partial charge in [-0.1, -0.05) is 6.07 Å². The molecule has 2 N–H and O–H groups in total. The Morgan fingerprint density at radius 1 is 1.30 bits per heavy atom. The number of carbonyl (C=O) groups is 1. The van der Waals surface area contributed by atoms with Crippen LogP contribution in [0.2, 0.25) is 0 Å². The molecule has 0 aliphatic carbocycles. The molecule has 0 bridgehead atoms. The van der Waals surface area contributed by atoms with Crippen LogP contribution in [0.4, 0.5) is 11.4 Å². The van der Waals surface area contributed by atoms with Crippen LogP contribution in [0, 0.1) is 6.92 Å². The van der Waals surface area contributed by atoms with Gasteiger partial charge in [0.25, 0.3) is 5.91 Å². The molecule has 20 heavy (non-hydrogen) atoms. The molecule has 1 aromatic carbocycles. The second-order valence-corrected chi connectivity index (χ2v) is 5.24. The summed E-state index contributed by atoms with van der Waals surface area (Å²) in [5.41, 5.74) is 3.15. The summed E-state index contributed by atoms with van der Waals surface area (Å²) in [6.45, 7) is 4.72. The summed E-state index contributed by atoms with van der Waals surface area (Å²) in [5.74, 6) is -0.180. The standard InChI is InChI=1S/C15H16BrN3O/c1-3-18-13-6-7-17-9-11(13)15(20)19-14-8-10(2)4-5-12(14)16/h4-9H,3H2,1-2H3,(H,17,18)(H,19,20). The van der Waals surface area contributed by atoms with Gasteiger partial charge in [-0.05, 0) is 53.5 Å². The molecule has 5 heteroatoms. The fourth-order valence-electron chi connectivity index (χ4n) is 1.84. The van der Waals surface area contributed by atoms with E-state index in [1.54, 1.807) is 18.5 Å². The molecule has 0 spiro atoms. The van der Waals surface area contributed by atoms with Crippen molar-refractivity contribution in [3.05, 3.63) is 52.3 Å². The summed E-state index contributed by atoms with van der Waals surface area (Å²) >= 11 is 3.43. The minimum absolute atomic E-state index is 0.180. The first-order valence-electron chi connectivity index (χ1n) is 6.37. The van der Waals surface area contributed by atoms with Crippen molar-refractivity contribution in [3.8, 4) is 0 Å². The first-order chi connectivity index (χ1) is 9.61. The highest BCUT2D eigenvalue weighted by atomic mass is 79.9. The van der Waals surface area contributed by atoms with Crippen molar-refractivity contribution in [2.75, 3.05) is 17.2 Å². The first kappa shape index (κ1) is 14.5. The third-order valence-electron chi connectivity index (χ3n) is 2.80. The predicted octanol–water partition coefficient (Wildman–Crippen LogP) is 3.84. The molecule has 1 aromatic heterocycles. The van der Waals surface area contributed by atoms with E-state index in [0.29, 0.717) is 5.56 Å². The van der Waals surface area contributed by atoms with Crippen molar-refractivity contribution in [1.82, 2.24) is 4.98 Å². The maximum Gasteiger partial charge on any atom is 0.259 e. The second-order valence-electron chi connectivity index (χ2n) is 4.39. The van der Waals surface area contributed by atoms with Gasteiger partial charge >= 0.3 is 0 Å². The van der Waals surface area contributed by atoms with Crippen LogP contribution in [-0.2, 0) is 0 Å². The lowest BCUT2D eigenvalue weighted by molar-refractivity contribution is 0.102. The van der Waals surface area contributed by atoms with Gasteiger partial charge in [-0.25, -0.2) is 0 Å². The number of nitrogens with zero attached hydrogens (tertiary/aromatic N) is 1. The van der Waals surface area contributed by atoms with Crippen molar-refractivity contribution < 1.29 is 4.79 Å². The Labute approximate surface area is 126 Å². The van der Waals surface area contributed by atoms with E-state index < -0.39 is 0 Å². The molecule has 1 amide bonds. The normalized spacial score (nSPS) is 10.2. The van der Waals surface area contributed by atoms with Crippen LogP contribution in [0.3, 0.4) is 0 Å². The van der Waals surface area contributed by atoms with Crippen molar-refractivity contribution in [3.63, 3.8) is 0 Å². The number of amides is 1. The summed E-state index contributed by atoms with van der Waals surface area (Å²) < 4.78 is 0.852. The van der Waals surface area contributed by atoms with Crippen LogP contribution < -0.4 is 10.6 Å². The number of carbonyl (C=O) groups excluding carboxylic acids is 1. The first-order valence-corrected chi connectivity index (χ1v) is 7.16. The molecule has 0 unspecified atom stereocenters. The summed E-state index contributed by atoms with van der Waals surface area (Å²) in [6.07, 6.45) is 3.23. The Kier molecular flexibility index (Phi) is 4.74. The lowest BCUT2D eigenvalue weighted by atomic mass is 10.2. The van der Waals surface area contributed by atoms with E-state index in [-0.39, 0.29) is 5.91 Å². The number of hydrogen-bond acceptors (Lipinski definition) is 3. The number of anilines is 2. The molecular formula is C15H16BrN3O. The molecule has 0 radical (unpaired) electrons. The molecular weight excluding hydrogens is 318 g/mol. The lowest BCUT2D eigenvalue weighted by Crippen LogP contribution is -2.15. The number of hydrogen-bond donors (Lipinski definition) is 2. The van der Waals surface area contributed by atoms with Crippen LogP contribution in [0.5, 0.6) is 0 Å². The van der Waals surface area contributed by atoms with Gasteiger partial charge in [0.2, 0.25) is 0 Å². The van der Waals surface area contributed by atoms with Crippen LogP contribution in [0.1, 0.15) is 22.8 Å². The number of aryl methyl sites for hydroxylation is 1. The van der Waals surface area contributed by atoms with Gasteiger partial charge in [0.15, 0.2) is 0 Å². The average molecular weight is 334 g/mol. The highest BCUT2D eigenvalue weighted by Crippen LogP contribution is 2.24. The van der Waals surface area contributed by atoms with E-state index in [2.05, 4.69) is 31.5 Å². The molecule has 1 heterocycles. The second kappa shape index (κ2) is 6.52. The summed E-state index contributed by atoms with van der Waals surface area (Å²) in [5, 5.41) is 6.06. The molecule has 0 atom stereocenters. The Hall–Kier alpha value is -1.88. The van der Waals surface area contributed by atoms with Crippen molar-refractivity contribution in [2.45, 2.75) is 13.8 Å². The number of benzene rings is 1. The topological polar surface area (TPSA) is 54.0 Å². The van der Waals surface area contributed by atoms with Crippen molar-refractivity contribution >= 4 is 33.2 Å². The number of halogens is 1. The maximum atomic E-state index is 12.4. The van der Waals surface area contributed by atoms with E-state index in [4.69, 9.17) is 0 Å². The average Bonchev–Trinajstić information content (AvgIpc) is 2.44. The van der Waals surface area contributed by atoms with E-state index in [0.717, 1.165) is 28.0 Å². The molecule has 0 saturated heterocycles. The summed E-state index contributed by atoms with van der Waals surface area (Å²) in [4.78, 5) is 16.4. The SMILES string of the molecule is CCNc1ccncc1C(=O)Nc1cc(C)ccc1Br. The number of aromatic nitrogens is 1. The zero-order valence-electron chi connectivity index (χ0n) is 11.4. The monoisotopic (exact) mass is 333 g/mol. The minimum atomic E-state index is -0.180. The third kappa shape index (κ3) is 3.36. The maximum absolute atomic E-state index is 12.4. The molecule has 0 fully saturated rings. The quantitative estimate of drug-likeness (QED) is 0.893. The van der Waals surface area contributed by atoms with Gasteiger partial charge in [0.1, 0.15) is 0 Å². The Bertz CT molecular complexity index is 628. The van der Waals surface area contributed by atoms with Gasteiger partial charge in [-0.3, -0.25) is 9.78 Å². The van der Waals surface area contributed by atoms with E-state index in [9.17, 15) is 4.79 Å². The molecule has 2 rings (SSSR count). The van der Waals surface area contributed by atoms with Crippen LogP contribution in [-0.4, -0.2) is 17.4 Å². The zero-order valence-corrected chi connectivity index (χ0v) is 13.0. The summed E-state index contributed by atoms with van der Waals surface area (Å²) in [6, 6.07) is 7.61. The highest BCUT2D eigenvalue weighted by molar-refractivity contribution is 9.10. The molecule has 0 saturated carbocycles. The van der Waals surface area contributed by atoms with E-state index in [1.165, 1.54) is 0 Å². The van der Waals surface area contributed by atoms with Crippen molar-refractivity contribution in [2.24, 2.45) is 0 Å². The molecule has 104 valence electrons. The third-order valence-corrected chi connectivity index (χ3v) is 3.49. The van der Waals surface area contributed by atoms with Crippen molar-refractivity contribution in [1.29, 1.82) is 0 Å². The molecule has 4 nitrogen and oxygen atoms in total. The summed E-state index contributed by atoms with van der Waals surface area (Å²) in [7, 11) is 0. The smallest absolute Gasteiger partial charge is 0.259 e. The molecule has 2 aromatic rings. The Morgan fingerprint density at radius 3 is 2.85 bits per heavy atom. The van der Waals surface area contributed by atoms with Gasteiger partial charge in [-0.2, -0.15) is 0 Å². The number of pyridine rings is 1. The van der Waals surface area contributed by atoms with Crippen LogP contribution in [0.15, 0.2) is 41.1 Å². The minimum Gasteiger partial charge on any atom is -0.385 e. The van der Waals surface area contributed by atoms with Gasteiger partial charge in [0.05, 0.1) is 16.9 Å². The fraction of sp³-hybridized carbons (Fsp3) is 0.200. The number of rotatable bonds is 4.